The topological polar surface area (TPSA) is 33.2 Å². The van der Waals surface area contributed by atoms with E-state index in [1.165, 1.54) is 12.1 Å². The molecule has 0 spiro atoms. The van der Waals surface area contributed by atoms with Gasteiger partial charge in [-0.2, -0.15) is 0 Å². The summed E-state index contributed by atoms with van der Waals surface area (Å²) in [6.07, 6.45) is 4.06. The van der Waals surface area contributed by atoms with Crippen LogP contribution in [0, 0.1) is 12.7 Å². The number of pyridine rings is 1. The van der Waals surface area contributed by atoms with Gasteiger partial charge < -0.3 is 4.90 Å². The number of rotatable bonds is 3. The number of carbonyl (C=O) groups excluding carboxylic acids is 1. The van der Waals surface area contributed by atoms with E-state index < -0.39 is 0 Å². The maximum absolute atomic E-state index is 13.0. The molecule has 1 amide bonds. The van der Waals surface area contributed by atoms with Crippen LogP contribution in [0.2, 0.25) is 0 Å². The van der Waals surface area contributed by atoms with Gasteiger partial charge in [-0.05, 0) is 41.8 Å². The number of hydrogen-bond acceptors (Lipinski definition) is 2. The molecule has 0 radical (unpaired) electrons. The highest BCUT2D eigenvalue weighted by Crippen LogP contribution is 2.29. The van der Waals surface area contributed by atoms with E-state index in [-0.39, 0.29) is 17.6 Å². The molecular formula is C17H17FN2O. The summed E-state index contributed by atoms with van der Waals surface area (Å²) in [5.74, 6) is 0.0496. The van der Waals surface area contributed by atoms with Crippen LogP contribution in [-0.2, 0) is 11.3 Å². The molecule has 3 nitrogen and oxygen atoms in total. The van der Waals surface area contributed by atoms with Crippen LogP contribution in [0.4, 0.5) is 4.39 Å². The first-order valence-electron chi connectivity index (χ1n) is 7.06. The first-order valence-corrected chi connectivity index (χ1v) is 7.06. The highest BCUT2D eigenvalue weighted by atomic mass is 19.1. The van der Waals surface area contributed by atoms with Gasteiger partial charge >= 0.3 is 0 Å². The molecule has 1 saturated heterocycles. The van der Waals surface area contributed by atoms with Gasteiger partial charge in [-0.15, -0.1) is 0 Å². The Bertz CT molecular complexity index is 654. The lowest BCUT2D eigenvalue weighted by atomic mass is 9.98. The summed E-state index contributed by atoms with van der Waals surface area (Å²) in [7, 11) is 0. The second-order valence-corrected chi connectivity index (χ2v) is 5.53. The molecule has 2 heterocycles. The number of benzene rings is 1. The van der Waals surface area contributed by atoms with Crippen LogP contribution >= 0.6 is 0 Å². The maximum Gasteiger partial charge on any atom is 0.223 e. The highest BCUT2D eigenvalue weighted by molar-refractivity contribution is 5.79. The van der Waals surface area contributed by atoms with Gasteiger partial charge in [0.1, 0.15) is 5.82 Å². The van der Waals surface area contributed by atoms with E-state index >= 15 is 0 Å². The molecule has 1 aromatic heterocycles. The SMILES string of the molecule is Cc1ccncc1CN1CC(c2ccc(F)cc2)CC1=O. The van der Waals surface area contributed by atoms with Crippen LogP contribution in [0.1, 0.15) is 29.0 Å². The van der Waals surface area contributed by atoms with Crippen molar-refractivity contribution in [1.82, 2.24) is 9.88 Å². The van der Waals surface area contributed by atoms with Crippen molar-refractivity contribution in [3.05, 3.63) is 65.2 Å². The molecule has 2 aromatic rings. The first kappa shape index (κ1) is 13.7. The molecule has 0 aliphatic carbocycles. The zero-order chi connectivity index (χ0) is 14.8. The van der Waals surface area contributed by atoms with E-state index in [9.17, 15) is 9.18 Å². The lowest BCUT2D eigenvalue weighted by Gasteiger charge is -2.18. The normalized spacial score (nSPS) is 18.3. The van der Waals surface area contributed by atoms with Crippen LogP contribution in [0.15, 0.2) is 42.7 Å². The zero-order valence-electron chi connectivity index (χ0n) is 11.9. The fourth-order valence-electron chi connectivity index (χ4n) is 2.75. The minimum absolute atomic E-state index is 0.146. The lowest BCUT2D eigenvalue weighted by Crippen LogP contribution is -2.24. The Labute approximate surface area is 123 Å². The zero-order valence-corrected chi connectivity index (χ0v) is 11.9. The molecule has 3 rings (SSSR count). The van der Waals surface area contributed by atoms with Crippen LogP contribution in [-0.4, -0.2) is 22.3 Å². The minimum Gasteiger partial charge on any atom is -0.338 e. The van der Waals surface area contributed by atoms with Gasteiger partial charge in [-0.1, -0.05) is 12.1 Å². The Kier molecular flexibility index (Phi) is 3.69. The second kappa shape index (κ2) is 5.64. The largest absolute Gasteiger partial charge is 0.338 e. The molecule has 1 aliphatic rings. The molecule has 21 heavy (non-hydrogen) atoms. The van der Waals surface area contributed by atoms with Crippen LogP contribution in [0.3, 0.4) is 0 Å². The number of amides is 1. The number of likely N-dealkylation sites (tertiary alicyclic amines) is 1. The molecule has 1 aromatic carbocycles. The number of aryl methyl sites for hydroxylation is 1. The van der Waals surface area contributed by atoms with Gasteiger partial charge in [-0.25, -0.2) is 4.39 Å². The summed E-state index contributed by atoms with van der Waals surface area (Å²) in [6.45, 7) is 3.30. The minimum atomic E-state index is -0.245. The standard InChI is InChI=1S/C17H17FN2O/c1-12-6-7-19-9-15(12)11-20-10-14(8-17(20)21)13-2-4-16(18)5-3-13/h2-7,9,14H,8,10-11H2,1H3. The van der Waals surface area contributed by atoms with E-state index in [4.69, 9.17) is 0 Å². The molecule has 0 saturated carbocycles. The van der Waals surface area contributed by atoms with Gasteiger partial charge in [0.25, 0.3) is 0 Å². The average Bonchev–Trinajstić information content (AvgIpc) is 2.83. The third-order valence-corrected chi connectivity index (χ3v) is 4.06. The number of carbonyl (C=O) groups is 1. The fourth-order valence-corrected chi connectivity index (χ4v) is 2.75. The Balaban J connectivity index is 1.73. The predicted octanol–water partition coefficient (Wildman–Crippen LogP) is 3.05. The van der Waals surface area contributed by atoms with E-state index in [0.717, 1.165) is 16.7 Å². The summed E-state index contributed by atoms with van der Waals surface area (Å²) < 4.78 is 13.0. The number of aromatic nitrogens is 1. The molecule has 0 N–H and O–H groups in total. The van der Waals surface area contributed by atoms with Crippen molar-refractivity contribution in [1.29, 1.82) is 0 Å². The van der Waals surface area contributed by atoms with Crippen LogP contribution in [0.25, 0.3) is 0 Å². The summed E-state index contributed by atoms with van der Waals surface area (Å²) in [5.41, 5.74) is 3.24. The summed E-state index contributed by atoms with van der Waals surface area (Å²) in [6, 6.07) is 8.40. The molecule has 1 fully saturated rings. The first-order chi connectivity index (χ1) is 10.1. The summed E-state index contributed by atoms with van der Waals surface area (Å²) in [5, 5.41) is 0. The molecular weight excluding hydrogens is 267 g/mol. The number of halogens is 1. The molecule has 1 atom stereocenters. The van der Waals surface area contributed by atoms with Crippen molar-refractivity contribution in [3.8, 4) is 0 Å². The van der Waals surface area contributed by atoms with Gasteiger partial charge in [0.05, 0.1) is 0 Å². The van der Waals surface area contributed by atoms with Crippen molar-refractivity contribution in [3.63, 3.8) is 0 Å². The van der Waals surface area contributed by atoms with Crippen LogP contribution in [0.5, 0.6) is 0 Å². The molecule has 1 aliphatic heterocycles. The van der Waals surface area contributed by atoms with Gasteiger partial charge in [0, 0.05) is 37.8 Å². The number of nitrogens with zero attached hydrogens (tertiary/aromatic N) is 2. The summed E-state index contributed by atoms with van der Waals surface area (Å²) >= 11 is 0. The smallest absolute Gasteiger partial charge is 0.223 e. The van der Waals surface area contributed by atoms with Gasteiger partial charge in [0.2, 0.25) is 5.91 Å². The van der Waals surface area contributed by atoms with Gasteiger partial charge in [0.15, 0.2) is 0 Å². The molecule has 0 bridgehead atoms. The van der Waals surface area contributed by atoms with Crippen molar-refractivity contribution in [2.24, 2.45) is 0 Å². The van der Waals surface area contributed by atoms with Crippen molar-refractivity contribution in [2.45, 2.75) is 25.8 Å². The van der Waals surface area contributed by atoms with E-state index in [1.807, 2.05) is 24.1 Å². The third kappa shape index (κ3) is 2.94. The van der Waals surface area contributed by atoms with Crippen LogP contribution < -0.4 is 0 Å². The molecule has 108 valence electrons. The Morgan fingerprint density at radius 1 is 1.29 bits per heavy atom. The lowest BCUT2D eigenvalue weighted by molar-refractivity contribution is -0.128. The highest BCUT2D eigenvalue weighted by Gasteiger charge is 2.30. The van der Waals surface area contributed by atoms with Crippen molar-refractivity contribution < 1.29 is 9.18 Å². The Morgan fingerprint density at radius 3 is 2.76 bits per heavy atom. The number of hydrogen-bond donors (Lipinski definition) is 0. The van der Waals surface area contributed by atoms with E-state index in [0.29, 0.717) is 19.5 Å². The van der Waals surface area contributed by atoms with Crippen molar-refractivity contribution >= 4 is 5.91 Å². The maximum atomic E-state index is 13.0. The van der Waals surface area contributed by atoms with E-state index in [1.54, 1.807) is 18.3 Å². The average molecular weight is 284 g/mol. The monoisotopic (exact) mass is 284 g/mol. The molecule has 1 unspecified atom stereocenters. The quantitative estimate of drug-likeness (QED) is 0.868. The fraction of sp³-hybridized carbons (Fsp3) is 0.294. The molecule has 4 heteroatoms. The third-order valence-electron chi connectivity index (χ3n) is 4.06. The summed E-state index contributed by atoms with van der Waals surface area (Å²) in [4.78, 5) is 18.2. The van der Waals surface area contributed by atoms with E-state index in [2.05, 4.69) is 4.98 Å². The predicted molar refractivity (Wildman–Crippen MR) is 78.1 cm³/mol. The Hall–Kier alpha value is -2.23. The Morgan fingerprint density at radius 2 is 2.05 bits per heavy atom. The van der Waals surface area contributed by atoms with Crippen molar-refractivity contribution in [2.75, 3.05) is 6.54 Å². The second-order valence-electron chi connectivity index (χ2n) is 5.53. The van der Waals surface area contributed by atoms with Gasteiger partial charge in [-0.3, -0.25) is 9.78 Å².